The Hall–Kier alpha value is -1.54. The predicted octanol–water partition coefficient (Wildman–Crippen LogP) is 2.99. The predicted molar refractivity (Wildman–Crippen MR) is 110 cm³/mol. The summed E-state index contributed by atoms with van der Waals surface area (Å²) >= 11 is 5.94. The molecule has 0 bridgehead atoms. The third-order valence-corrected chi connectivity index (χ3v) is 4.19. The highest BCUT2D eigenvalue weighted by molar-refractivity contribution is 14.0. The molecule has 128 valence electrons. The molecule has 2 heterocycles. The van der Waals surface area contributed by atoms with Crippen LogP contribution in [0.5, 0.6) is 0 Å². The lowest BCUT2D eigenvalue weighted by Gasteiger charge is -2.36. The van der Waals surface area contributed by atoms with Gasteiger partial charge < -0.3 is 15.5 Å². The number of anilines is 1. The van der Waals surface area contributed by atoms with Crippen molar-refractivity contribution in [2.24, 2.45) is 10.7 Å². The molecule has 3 rings (SSSR count). The smallest absolute Gasteiger partial charge is 0.191 e. The first kappa shape index (κ1) is 18.8. The van der Waals surface area contributed by atoms with Gasteiger partial charge in [-0.25, -0.2) is 4.99 Å². The van der Waals surface area contributed by atoms with Crippen LogP contribution in [0.4, 0.5) is 5.69 Å². The minimum Gasteiger partial charge on any atom is -0.370 e. The number of pyridine rings is 1. The van der Waals surface area contributed by atoms with Gasteiger partial charge in [-0.2, -0.15) is 0 Å². The molecule has 0 atom stereocenters. The molecule has 0 radical (unpaired) electrons. The molecule has 2 N–H and O–H groups in total. The highest BCUT2D eigenvalue weighted by Gasteiger charge is 2.18. The highest BCUT2D eigenvalue weighted by Crippen LogP contribution is 2.19. The molecule has 1 aliphatic heterocycles. The molecule has 0 aliphatic carbocycles. The Morgan fingerprint density at radius 3 is 2.46 bits per heavy atom. The molecule has 1 saturated heterocycles. The molecule has 1 aromatic heterocycles. The minimum absolute atomic E-state index is 0. The molecular weight excluding hydrogens is 437 g/mol. The van der Waals surface area contributed by atoms with Crippen LogP contribution in [0.2, 0.25) is 5.02 Å². The van der Waals surface area contributed by atoms with Gasteiger partial charge in [-0.05, 0) is 35.9 Å². The Bertz CT molecular complexity index is 654. The fourth-order valence-corrected chi connectivity index (χ4v) is 2.74. The zero-order chi connectivity index (χ0) is 16.1. The molecule has 7 heteroatoms. The lowest BCUT2D eigenvalue weighted by Crippen LogP contribution is -2.51. The van der Waals surface area contributed by atoms with Gasteiger partial charge in [0.2, 0.25) is 0 Å². The second kappa shape index (κ2) is 9.08. The van der Waals surface area contributed by atoms with E-state index in [2.05, 4.69) is 31.9 Å². The first-order valence-electron chi connectivity index (χ1n) is 7.66. The fourth-order valence-electron chi connectivity index (χ4n) is 2.61. The van der Waals surface area contributed by atoms with E-state index in [0.717, 1.165) is 36.8 Å². The number of piperazine rings is 1. The van der Waals surface area contributed by atoms with Crippen molar-refractivity contribution in [3.8, 4) is 0 Å². The first-order chi connectivity index (χ1) is 11.2. The van der Waals surface area contributed by atoms with Gasteiger partial charge in [0.15, 0.2) is 5.96 Å². The molecule has 5 nitrogen and oxygen atoms in total. The summed E-state index contributed by atoms with van der Waals surface area (Å²) in [6.07, 6.45) is 3.57. The number of nitrogens with zero attached hydrogens (tertiary/aromatic N) is 4. The molecule has 1 aliphatic rings. The highest BCUT2D eigenvalue weighted by atomic mass is 127. The van der Waals surface area contributed by atoms with Crippen LogP contribution in [0, 0.1) is 0 Å². The number of rotatable bonds is 3. The number of benzene rings is 1. The van der Waals surface area contributed by atoms with Gasteiger partial charge in [0, 0.05) is 49.3 Å². The van der Waals surface area contributed by atoms with Gasteiger partial charge in [-0.3, -0.25) is 4.98 Å². The standard InChI is InChI=1S/C17H20ClN5.HI/c18-15-3-5-16(6-4-15)22-8-10-23(11-9-22)17(19)21-13-14-2-1-7-20-12-14;/h1-7,12H,8-11,13H2,(H2,19,21);1H. The van der Waals surface area contributed by atoms with Crippen molar-refractivity contribution in [1.29, 1.82) is 0 Å². The Balaban J connectivity index is 0.00000208. The largest absolute Gasteiger partial charge is 0.370 e. The van der Waals surface area contributed by atoms with Gasteiger partial charge >= 0.3 is 0 Å². The summed E-state index contributed by atoms with van der Waals surface area (Å²) in [5.41, 5.74) is 8.38. The summed E-state index contributed by atoms with van der Waals surface area (Å²) in [6, 6.07) is 11.9. The van der Waals surface area contributed by atoms with E-state index in [0.29, 0.717) is 12.5 Å². The third-order valence-electron chi connectivity index (χ3n) is 3.94. The zero-order valence-electron chi connectivity index (χ0n) is 13.3. The van der Waals surface area contributed by atoms with E-state index in [-0.39, 0.29) is 24.0 Å². The Morgan fingerprint density at radius 2 is 1.83 bits per heavy atom. The van der Waals surface area contributed by atoms with Crippen molar-refractivity contribution in [2.45, 2.75) is 6.54 Å². The molecule has 0 saturated carbocycles. The number of hydrogen-bond acceptors (Lipinski definition) is 3. The molecule has 0 unspecified atom stereocenters. The van der Waals surface area contributed by atoms with Crippen LogP contribution >= 0.6 is 35.6 Å². The van der Waals surface area contributed by atoms with Crippen molar-refractivity contribution in [1.82, 2.24) is 9.88 Å². The van der Waals surface area contributed by atoms with E-state index in [9.17, 15) is 0 Å². The number of halogens is 2. The molecule has 0 amide bonds. The summed E-state index contributed by atoms with van der Waals surface area (Å²) in [4.78, 5) is 13.0. The van der Waals surface area contributed by atoms with Crippen molar-refractivity contribution < 1.29 is 0 Å². The number of hydrogen-bond donors (Lipinski definition) is 1. The quantitative estimate of drug-likeness (QED) is 0.437. The van der Waals surface area contributed by atoms with E-state index >= 15 is 0 Å². The van der Waals surface area contributed by atoms with Crippen LogP contribution in [0.25, 0.3) is 0 Å². The number of aliphatic imine (C=N–C) groups is 1. The van der Waals surface area contributed by atoms with E-state index in [4.69, 9.17) is 17.3 Å². The SMILES string of the molecule is I.NC(=NCc1cccnc1)N1CCN(c2ccc(Cl)cc2)CC1. The molecule has 2 aromatic rings. The average Bonchev–Trinajstić information content (AvgIpc) is 2.61. The second-order valence-electron chi connectivity index (χ2n) is 5.49. The zero-order valence-corrected chi connectivity index (χ0v) is 16.4. The maximum Gasteiger partial charge on any atom is 0.191 e. The summed E-state index contributed by atoms with van der Waals surface area (Å²) in [5.74, 6) is 0.601. The van der Waals surface area contributed by atoms with E-state index in [1.165, 1.54) is 5.69 Å². The van der Waals surface area contributed by atoms with Crippen LogP contribution < -0.4 is 10.6 Å². The molecule has 0 spiro atoms. The van der Waals surface area contributed by atoms with Crippen molar-refractivity contribution >= 4 is 47.2 Å². The minimum atomic E-state index is 0. The fraction of sp³-hybridized carbons (Fsp3) is 0.294. The van der Waals surface area contributed by atoms with Crippen LogP contribution in [0.1, 0.15) is 5.56 Å². The van der Waals surface area contributed by atoms with Crippen molar-refractivity contribution in [2.75, 3.05) is 31.1 Å². The van der Waals surface area contributed by atoms with Crippen LogP contribution in [0.3, 0.4) is 0 Å². The Labute approximate surface area is 164 Å². The van der Waals surface area contributed by atoms with E-state index < -0.39 is 0 Å². The van der Waals surface area contributed by atoms with Gasteiger partial charge in [-0.1, -0.05) is 17.7 Å². The molecule has 1 fully saturated rings. The van der Waals surface area contributed by atoms with E-state index in [1.807, 2.05) is 30.5 Å². The molecule has 1 aromatic carbocycles. The lowest BCUT2D eigenvalue weighted by atomic mass is 10.2. The van der Waals surface area contributed by atoms with Crippen molar-refractivity contribution in [3.63, 3.8) is 0 Å². The number of guanidine groups is 1. The van der Waals surface area contributed by atoms with Gasteiger partial charge in [0.25, 0.3) is 0 Å². The van der Waals surface area contributed by atoms with E-state index in [1.54, 1.807) is 6.20 Å². The number of aromatic nitrogens is 1. The average molecular weight is 458 g/mol. The summed E-state index contributed by atoms with van der Waals surface area (Å²) in [6.45, 7) is 4.14. The topological polar surface area (TPSA) is 57.8 Å². The third kappa shape index (κ3) is 4.98. The van der Waals surface area contributed by atoms with Gasteiger partial charge in [0.05, 0.1) is 6.54 Å². The van der Waals surface area contributed by atoms with Gasteiger partial charge in [0.1, 0.15) is 0 Å². The van der Waals surface area contributed by atoms with Crippen molar-refractivity contribution in [3.05, 3.63) is 59.4 Å². The van der Waals surface area contributed by atoms with Crippen LogP contribution in [-0.4, -0.2) is 42.0 Å². The first-order valence-corrected chi connectivity index (χ1v) is 8.04. The summed E-state index contributed by atoms with van der Waals surface area (Å²) in [7, 11) is 0. The van der Waals surface area contributed by atoms with Gasteiger partial charge in [-0.15, -0.1) is 24.0 Å². The van der Waals surface area contributed by atoms with Crippen LogP contribution in [0.15, 0.2) is 53.8 Å². The maximum absolute atomic E-state index is 6.12. The second-order valence-corrected chi connectivity index (χ2v) is 5.92. The molecular formula is C17H21ClIN5. The summed E-state index contributed by atoms with van der Waals surface area (Å²) in [5, 5.41) is 0.763. The Kier molecular flexibility index (Phi) is 7.11. The maximum atomic E-state index is 6.12. The summed E-state index contributed by atoms with van der Waals surface area (Å²) < 4.78 is 0. The molecule has 24 heavy (non-hydrogen) atoms. The Morgan fingerprint density at radius 1 is 1.12 bits per heavy atom. The normalized spacial score (nSPS) is 15.1. The lowest BCUT2D eigenvalue weighted by molar-refractivity contribution is 0.380. The monoisotopic (exact) mass is 457 g/mol. The van der Waals surface area contributed by atoms with Crippen LogP contribution in [-0.2, 0) is 6.54 Å². The number of nitrogens with two attached hydrogens (primary N) is 1.